The molecule has 0 aliphatic heterocycles. The molecule has 5 heteroatoms. The van der Waals surface area contributed by atoms with Gasteiger partial charge in [-0.05, 0) is 61.4 Å². The number of carbonyl (C=O) groups excluding carboxylic acids is 2. The highest BCUT2D eigenvalue weighted by Crippen LogP contribution is 2.29. The molecule has 0 spiro atoms. The van der Waals surface area contributed by atoms with Crippen LogP contribution in [0.5, 0.6) is 0 Å². The van der Waals surface area contributed by atoms with Gasteiger partial charge in [-0.3, -0.25) is 4.79 Å². The van der Waals surface area contributed by atoms with Crippen LogP contribution in [0.25, 0.3) is 0 Å². The highest BCUT2D eigenvalue weighted by Gasteiger charge is 2.22. The van der Waals surface area contributed by atoms with Crippen molar-refractivity contribution in [3.8, 4) is 0 Å². The highest BCUT2D eigenvalue weighted by molar-refractivity contribution is 5.89. The molecule has 0 saturated carbocycles. The number of hydrogen-bond donors (Lipinski definition) is 2. The monoisotopic (exact) mass is 393 g/mol. The van der Waals surface area contributed by atoms with E-state index >= 15 is 0 Å². The first-order chi connectivity index (χ1) is 14.1. The minimum Gasteiger partial charge on any atom is -0.349 e. The van der Waals surface area contributed by atoms with Gasteiger partial charge in [-0.2, -0.15) is 0 Å². The van der Waals surface area contributed by atoms with Crippen LogP contribution in [-0.2, 0) is 11.2 Å². The predicted octanol–water partition coefficient (Wildman–Crippen LogP) is 4.82. The summed E-state index contributed by atoms with van der Waals surface area (Å²) in [6.07, 6.45) is 4.28. The third kappa shape index (κ3) is 5.83. The molecule has 2 N–H and O–H groups in total. The minimum absolute atomic E-state index is 0.00355. The fraction of sp³-hybridized carbons (Fsp3) is 0.417. The minimum atomic E-state index is -0.159. The first-order valence-corrected chi connectivity index (χ1v) is 10.6. The molecule has 3 amide bonds. The number of nitrogens with one attached hydrogen (secondary N) is 2. The van der Waals surface area contributed by atoms with Gasteiger partial charge in [0, 0.05) is 25.2 Å². The Morgan fingerprint density at radius 1 is 1.10 bits per heavy atom. The first kappa shape index (κ1) is 20.9. The zero-order valence-electron chi connectivity index (χ0n) is 17.4. The van der Waals surface area contributed by atoms with Crippen LogP contribution in [0.1, 0.15) is 55.3 Å². The number of benzene rings is 2. The standard InChI is InChI=1S/C24H31N3O2/c1-3-15-27(24(29)25-20-11-6-8-18(2)17-20)16-14-23(28)26-22-13-7-10-19-9-4-5-12-21(19)22/h4-6,8-9,11-12,17,22H,3,7,10,13-16H2,1-2H3,(H,25,29)(H,26,28). The van der Waals surface area contributed by atoms with E-state index in [9.17, 15) is 9.59 Å². The number of aryl methyl sites for hydroxylation is 2. The summed E-state index contributed by atoms with van der Waals surface area (Å²) in [4.78, 5) is 27.0. The summed E-state index contributed by atoms with van der Waals surface area (Å²) < 4.78 is 0. The maximum absolute atomic E-state index is 12.7. The van der Waals surface area contributed by atoms with Crippen molar-refractivity contribution in [2.24, 2.45) is 0 Å². The van der Waals surface area contributed by atoms with Crippen molar-refractivity contribution in [1.82, 2.24) is 10.2 Å². The van der Waals surface area contributed by atoms with Crippen LogP contribution in [0, 0.1) is 6.92 Å². The molecule has 2 aromatic carbocycles. The molecule has 1 unspecified atom stereocenters. The van der Waals surface area contributed by atoms with E-state index < -0.39 is 0 Å². The summed E-state index contributed by atoms with van der Waals surface area (Å²) in [6, 6.07) is 16.0. The zero-order valence-corrected chi connectivity index (χ0v) is 17.4. The Kier molecular flexibility index (Phi) is 7.28. The van der Waals surface area contributed by atoms with Crippen LogP contribution >= 0.6 is 0 Å². The Balaban J connectivity index is 1.55. The van der Waals surface area contributed by atoms with E-state index in [2.05, 4.69) is 28.8 Å². The maximum Gasteiger partial charge on any atom is 0.321 e. The number of amides is 3. The molecule has 3 rings (SSSR count). The summed E-state index contributed by atoms with van der Waals surface area (Å²) in [5.74, 6) is -0.00355. The smallest absolute Gasteiger partial charge is 0.321 e. The molecule has 5 nitrogen and oxygen atoms in total. The molecule has 154 valence electrons. The number of carbonyl (C=O) groups is 2. The van der Waals surface area contributed by atoms with Gasteiger partial charge in [0.2, 0.25) is 5.91 Å². The molecule has 2 aromatic rings. The Morgan fingerprint density at radius 2 is 1.93 bits per heavy atom. The Hall–Kier alpha value is -2.82. The van der Waals surface area contributed by atoms with Crippen LogP contribution in [-0.4, -0.2) is 29.9 Å². The van der Waals surface area contributed by atoms with Gasteiger partial charge in [0.25, 0.3) is 0 Å². The molecule has 1 aliphatic carbocycles. The topological polar surface area (TPSA) is 61.4 Å². The van der Waals surface area contributed by atoms with Crippen molar-refractivity contribution >= 4 is 17.6 Å². The fourth-order valence-electron chi connectivity index (χ4n) is 3.92. The Labute approximate surface area is 173 Å². The van der Waals surface area contributed by atoms with Gasteiger partial charge in [-0.25, -0.2) is 4.79 Å². The van der Waals surface area contributed by atoms with E-state index in [1.165, 1.54) is 11.1 Å². The quantitative estimate of drug-likeness (QED) is 0.708. The van der Waals surface area contributed by atoms with Crippen molar-refractivity contribution < 1.29 is 9.59 Å². The molecule has 0 saturated heterocycles. The largest absolute Gasteiger partial charge is 0.349 e. The summed E-state index contributed by atoms with van der Waals surface area (Å²) in [7, 11) is 0. The van der Waals surface area contributed by atoms with E-state index in [0.29, 0.717) is 19.5 Å². The Morgan fingerprint density at radius 3 is 2.72 bits per heavy atom. The lowest BCUT2D eigenvalue weighted by Gasteiger charge is -2.27. The van der Waals surface area contributed by atoms with E-state index in [0.717, 1.165) is 36.9 Å². The molecule has 0 heterocycles. The number of hydrogen-bond acceptors (Lipinski definition) is 2. The Bertz CT molecular complexity index is 850. The molecule has 1 aliphatic rings. The van der Waals surface area contributed by atoms with Gasteiger partial charge < -0.3 is 15.5 Å². The van der Waals surface area contributed by atoms with Crippen LogP contribution in [0.2, 0.25) is 0 Å². The summed E-state index contributed by atoms with van der Waals surface area (Å²) in [6.45, 7) is 5.06. The molecule has 0 radical (unpaired) electrons. The van der Waals surface area contributed by atoms with E-state index in [4.69, 9.17) is 0 Å². The number of fused-ring (bicyclic) bond motifs is 1. The molecule has 1 atom stereocenters. The number of nitrogens with zero attached hydrogens (tertiary/aromatic N) is 1. The fourth-order valence-corrected chi connectivity index (χ4v) is 3.92. The molecule has 0 bridgehead atoms. The third-order valence-corrected chi connectivity index (χ3v) is 5.36. The van der Waals surface area contributed by atoms with Crippen molar-refractivity contribution in [3.63, 3.8) is 0 Å². The summed E-state index contributed by atoms with van der Waals surface area (Å²) in [5.41, 5.74) is 4.43. The van der Waals surface area contributed by atoms with Gasteiger partial charge in [-0.15, -0.1) is 0 Å². The van der Waals surface area contributed by atoms with Gasteiger partial charge in [0.1, 0.15) is 0 Å². The maximum atomic E-state index is 12.7. The highest BCUT2D eigenvalue weighted by atomic mass is 16.2. The third-order valence-electron chi connectivity index (χ3n) is 5.36. The molecular formula is C24H31N3O2. The van der Waals surface area contributed by atoms with E-state index in [1.54, 1.807) is 4.90 Å². The van der Waals surface area contributed by atoms with Crippen LogP contribution in [0.4, 0.5) is 10.5 Å². The molecule has 0 aromatic heterocycles. The van der Waals surface area contributed by atoms with Crippen molar-refractivity contribution in [2.75, 3.05) is 18.4 Å². The predicted molar refractivity (Wildman–Crippen MR) is 117 cm³/mol. The number of rotatable bonds is 7. The van der Waals surface area contributed by atoms with Gasteiger partial charge >= 0.3 is 6.03 Å². The molecular weight excluding hydrogens is 362 g/mol. The van der Waals surface area contributed by atoms with E-state index in [1.807, 2.05) is 44.2 Å². The van der Waals surface area contributed by atoms with Crippen molar-refractivity contribution in [3.05, 3.63) is 65.2 Å². The SMILES string of the molecule is CCCN(CCC(=O)NC1CCCc2ccccc21)C(=O)Nc1cccc(C)c1. The van der Waals surface area contributed by atoms with Gasteiger partial charge in [0.15, 0.2) is 0 Å². The van der Waals surface area contributed by atoms with Crippen LogP contribution in [0.15, 0.2) is 48.5 Å². The van der Waals surface area contributed by atoms with Crippen LogP contribution < -0.4 is 10.6 Å². The lowest BCUT2D eigenvalue weighted by molar-refractivity contribution is -0.122. The van der Waals surface area contributed by atoms with Gasteiger partial charge in [0.05, 0.1) is 6.04 Å². The first-order valence-electron chi connectivity index (χ1n) is 10.6. The number of urea groups is 1. The molecule has 29 heavy (non-hydrogen) atoms. The van der Waals surface area contributed by atoms with Gasteiger partial charge in [-0.1, -0.05) is 43.3 Å². The van der Waals surface area contributed by atoms with Crippen LogP contribution in [0.3, 0.4) is 0 Å². The average Bonchev–Trinajstić information content (AvgIpc) is 2.71. The normalized spacial score (nSPS) is 15.3. The van der Waals surface area contributed by atoms with E-state index in [-0.39, 0.29) is 18.0 Å². The lowest BCUT2D eigenvalue weighted by Crippen LogP contribution is -2.39. The molecule has 0 fully saturated rings. The second-order valence-corrected chi connectivity index (χ2v) is 7.75. The lowest BCUT2D eigenvalue weighted by atomic mass is 9.87. The van der Waals surface area contributed by atoms with Crippen molar-refractivity contribution in [2.45, 2.75) is 52.0 Å². The second-order valence-electron chi connectivity index (χ2n) is 7.75. The second kappa shape index (κ2) is 10.1. The van der Waals surface area contributed by atoms with Crippen molar-refractivity contribution in [1.29, 1.82) is 0 Å². The zero-order chi connectivity index (χ0) is 20.6. The summed E-state index contributed by atoms with van der Waals surface area (Å²) in [5, 5.41) is 6.11. The number of anilines is 1. The average molecular weight is 394 g/mol. The summed E-state index contributed by atoms with van der Waals surface area (Å²) >= 11 is 0.